The van der Waals surface area contributed by atoms with Crippen molar-refractivity contribution in [3.63, 3.8) is 0 Å². The number of carbonyl (C=O) groups is 2. The molecule has 0 aliphatic rings. The smallest absolute Gasteiger partial charge is 0.339 e. The van der Waals surface area contributed by atoms with E-state index in [1.807, 2.05) is 0 Å². The lowest BCUT2D eigenvalue weighted by atomic mass is 10.0. The van der Waals surface area contributed by atoms with Crippen molar-refractivity contribution < 1.29 is 19.4 Å². The minimum absolute atomic E-state index is 0.0160. The number of rotatable bonds is 23. The van der Waals surface area contributed by atoms with Crippen LogP contribution in [0.3, 0.4) is 0 Å². The van der Waals surface area contributed by atoms with Gasteiger partial charge in [-0.3, -0.25) is 0 Å². The van der Waals surface area contributed by atoms with Crippen LogP contribution in [0.25, 0.3) is 0 Å². The third-order valence-corrected chi connectivity index (χ3v) is 6.91. The van der Waals surface area contributed by atoms with Gasteiger partial charge in [-0.25, -0.2) is 9.59 Å². The molecule has 35 heavy (non-hydrogen) atoms. The highest BCUT2D eigenvalue weighted by Crippen LogP contribution is 2.20. The molecule has 0 aliphatic heterocycles. The number of carbonyl (C=O) groups excluding carboxylic acids is 1. The summed E-state index contributed by atoms with van der Waals surface area (Å²) in [5.74, 6) is -1.59. The van der Waals surface area contributed by atoms with E-state index in [9.17, 15) is 14.7 Å². The highest BCUT2D eigenvalue weighted by atomic mass is 16.5. The summed E-state index contributed by atoms with van der Waals surface area (Å²) in [6.07, 6.45) is 24.5. The van der Waals surface area contributed by atoms with Crippen LogP contribution in [-0.2, 0) is 4.74 Å². The third kappa shape index (κ3) is 15.7. The Kier molecular flexibility index (Phi) is 19.1. The number of ether oxygens (including phenoxy) is 1. The maximum Gasteiger partial charge on any atom is 0.339 e. The lowest BCUT2D eigenvalue weighted by Crippen LogP contribution is -2.20. The number of hydrogen-bond acceptors (Lipinski definition) is 3. The van der Waals surface area contributed by atoms with Gasteiger partial charge in [0.15, 0.2) is 0 Å². The first-order valence-corrected chi connectivity index (χ1v) is 14.6. The first-order valence-electron chi connectivity index (χ1n) is 14.6. The van der Waals surface area contributed by atoms with Crippen LogP contribution in [0.4, 0.5) is 0 Å². The zero-order valence-corrected chi connectivity index (χ0v) is 22.7. The van der Waals surface area contributed by atoms with Gasteiger partial charge in [-0.05, 0) is 37.8 Å². The number of unbranched alkanes of at least 4 members (excludes halogenated alkanes) is 16. The van der Waals surface area contributed by atoms with E-state index < -0.39 is 11.9 Å². The van der Waals surface area contributed by atoms with Crippen LogP contribution in [0.2, 0.25) is 0 Å². The number of esters is 1. The Labute approximate surface area is 215 Å². The molecule has 0 spiro atoms. The molecule has 0 aliphatic carbocycles. The molecule has 1 aromatic carbocycles. The van der Waals surface area contributed by atoms with E-state index in [1.54, 1.807) is 18.2 Å². The van der Waals surface area contributed by atoms with E-state index in [0.29, 0.717) is 0 Å². The van der Waals surface area contributed by atoms with Crippen LogP contribution in [0.1, 0.15) is 163 Å². The standard InChI is InChI=1S/C31H52O4/c1-3-5-7-9-11-13-14-16-18-20-24-27(23-19-17-15-12-10-8-6-4-2)35-31(34)29-26-22-21-25-28(29)30(32)33/h21-22,25-27H,3-20,23-24H2,1-2H3,(H,32,33). The largest absolute Gasteiger partial charge is 0.478 e. The van der Waals surface area contributed by atoms with Crippen molar-refractivity contribution in [1.29, 1.82) is 0 Å². The van der Waals surface area contributed by atoms with Gasteiger partial charge in [-0.15, -0.1) is 0 Å². The van der Waals surface area contributed by atoms with Gasteiger partial charge in [0.2, 0.25) is 0 Å². The molecule has 0 aromatic heterocycles. The van der Waals surface area contributed by atoms with Crippen molar-refractivity contribution in [3.8, 4) is 0 Å². The van der Waals surface area contributed by atoms with Crippen molar-refractivity contribution >= 4 is 11.9 Å². The summed E-state index contributed by atoms with van der Waals surface area (Å²) in [6.45, 7) is 4.50. The second-order valence-electron chi connectivity index (χ2n) is 10.1. The SMILES string of the molecule is CCCCCCCCCCCCC(CCCCCCCCCC)OC(=O)c1ccccc1C(=O)O. The summed E-state index contributed by atoms with van der Waals surface area (Å²) < 4.78 is 5.87. The van der Waals surface area contributed by atoms with Gasteiger partial charge in [-0.1, -0.05) is 129 Å². The highest BCUT2D eigenvalue weighted by molar-refractivity contribution is 6.02. The number of carboxylic acids is 1. The van der Waals surface area contributed by atoms with Gasteiger partial charge < -0.3 is 9.84 Å². The maximum atomic E-state index is 12.8. The fraction of sp³-hybridized carbons (Fsp3) is 0.742. The average molecular weight is 489 g/mol. The van der Waals surface area contributed by atoms with E-state index in [-0.39, 0.29) is 17.2 Å². The molecular formula is C31H52O4. The Morgan fingerprint density at radius 2 is 1.00 bits per heavy atom. The Morgan fingerprint density at radius 1 is 0.629 bits per heavy atom. The van der Waals surface area contributed by atoms with Crippen molar-refractivity contribution in [2.24, 2.45) is 0 Å². The Hall–Kier alpha value is -1.84. The van der Waals surface area contributed by atoms with Crippen LogP contribution in [0.5, 0.6) is 0 Å². The second-order valence-corrected chi connectivity index (χ2v) is 10.1. The minimum atomic E-state index is -1.09. The molecule has 0 bridgehead atoms. The molecule has 0 saturated heterocycles. The van der Waals surface area contributed by atoms with E-state index in [2.05, 4.69) is 13.8 Å². The Bertz CT molecular complexity index is 670. The Morgan fingerprint density at radius 3 is 1.40 bits per heavy atom. The first-order chi connectivity index (χ1) is 17.1. The predicted octanol–water partition coefficient (Wildman–Crippen LogP) is 9.75. The summed E-state index contributed by atoms with van der Waals surface area (Å²) >= 11 is 0. The summed E-state index contributed by atoms with van der Waals surface area (Å²) in [4.78, 5) is 24.3. The van der Waals surface area contributed by atoms with Crippen molar-refractivity contribution in [3.05, 3.63) is 35.4 Å². The summed E-state index contributed by atoms with van der Waals surface area (Å²) in [5.41, 5.74) is 0.172. The molecule has 0 amide bonds. The van der Waals surface area contributed by atoms with Crippen molar-refractivity contribution in [2.75, 3.05) is 0 Å². The first kappa shape index (κ1) is 31.2. The normalized spacial score (nSPS) is 11.9. The van der Waals surface area contributed by atoms with Gasteiger partial charge in [0, 0.05) is 0 Å². The molecule has 1 aromatic rings. The molecule has 4 heteroatoms. The van der Waals surface area contributed by atoms with Crippen LogP contribution < -0.4 is 0 Å². The van der Waals surface area contributed by atoms with Gasteiger partial charge in [0.05, 0.1) is 11.1 Å². The molecule has 1 rings (SSSR count). The van der Waals surface area contributed by atoms with E-state index in [1.165, 1.54) is 109 Å². The van der Waals surface area contributed by atoms with Crippen molar-refractivity contribution in [1.82, 2.24) is 0 Å². The third-order valence-electron chi connectivity index (χ3n) is 6.91. The number of carboxylic acid groups (broad SMARTS) is 1. The highest BCUT2D eigenvalue weighted by Gasteiger charge is 2.20. The topological polar surface area (TPSA) is 63.6 Å². The van der Waals surface area contributed by atoms with Gasteiger partial charge in [0.25, 0.3) is 0 Å². The number of hydrogen-bond donors (Lipinski definition) is 1. The van der Waals surface area contributed by atoms with Gasteiger partial charge in [0.1, 0.15) is 6.10 Å². The van der Waals surface area contributed by atoms with Crippen LogP contribution in [-0.4, -0.2) is 23.1 Å². The lowest BCUT2D eigenvalue weighted by molar-refractivity contribution is 0.0244. The van der Waals surface area contributed by atoms with Gasteiger partial charge in [-0.2, -0.15) is 0 Å². The average Bonchev–Trinajstić information content (AvgIpc) is 2.86. The van der Waals surface area contributed by atoms with Crippen LogP contribution >= 0.6 is 0 Å². The van der Waals surface area contributed by atoms with E-state index in [0.717, 1.165) is 25.7 Å². The molecule has 1 unspecified atom stereocenters. The summed E-state index contributed by atoms with van der Waals surface area (Å²) in [6, 6.07) is 6.36. The molecule has 4 nitrogen and oxygen atoms in total. The summed E-state index contributed by atoms with van der Waals surface area (Å²) in [7, 11) is 0. The minimum Gasteiger partial charge on any atom is -0.478 e. The fourth-order valence-corrected chi connectivity index (χ4v) is 4.69. The van der Waals surface area contributed by atoms with Crippen molar-refractivity contribution in [2.45, 2.75) is 148 Å². The number of aromatic carboxylic acids is 1. The molecule has 0 saturated carbocycles. The Balaban J connectivity index is 2.43. The van der Waals surface area contributed by atoms with E-state index in [4.69, 9.17) is 4.74 Å². The molecular weight excluding hydrogens is 436 g/mol. The second kappa shape index (κ2) is 21.4. The molecule has 1 N–H and O–H groups in total. The zero-order chi connectivity index (χ0) is 25.6. The predicted molar refractivity (Wildman–Crippen MR) is 146 cm³/mol. The fourth-order valence-electron chi connectivity index (χ4n) is 4.69. The van der Waals surface area contributed by atoms with E-state index >= 15 is 0 Å². The maximum absolute atomic E-state index is 12.8. The molecule has 0 fully saturated rings. The molecule has 0 heterocycles. The molecule has 200 valence electrons. The lowest BCUT2D eigenvalue weighted by Gasteiger charge is -2.19. The zero-order valence-electron chi connectivity index (χ0n) is 22.7. The molecule has 0 radical (unpaired) electrons. The van der Waals surface area contributed by atoms with Crippen LogP contribution in [0, 0.1) is 0 Å². The van der Waals surface area contributed by atoms with Crippen LogP contribution in [0.15, 0.2) is 24.3 Å². The summed E-state index contributed by atoms with van der Waals surface area (Å²) in [5, 5.41) is 9.42. The quantitative estimate of drug-likeness (QED) is 0.123. The molecule has 1 atom stereocenters. The monoisotopic (exact) mass is 488 g/mol. The van der Waals surface area contributed by atoms with Gasteiger partial charge >= 0.3 is 11.9 Å². The number of benzene rings is 1.